The van der Waals surface area contributed by atoms with Crippen molar-refractivity contribution in [1.82, 2.24) is 5.32 Å². The summed E-state index contributed by atoms with van der Waals surface area (Å²) in [6, 6.07) is 4.25. The summed E-state index contributed by atoms with van der Waals surface area (Å²) < 4.78 is 25.9. The first kappa shape index (κ1) is 20.0. The molecule has 6 nitrogen and oxygen atoms in total. The van der Waals surface area contributed by atoms with Crippen LogP contribution >= 0.6 is 11.6 Å². The lowest BCUT2D eigenvalue weighted by Crippen LogP contribution is -2.42. The summed E-state index contributed by atoms with van der Waals surface area (Å²) in [4.78, 5) is 12.5. The summed E-state index contributed by atoms with van der Waals surface area (Å²) in [6.07, 6.45) is 2.21. The Balaban J connectivity index is 2.27. The fourth-order valence-corrected chi connectivity index (χ4v) is 4.73. The van der Waals surface area contributed by atoms with Crippen LogP contribution in [0.25, 0.3) is 0 Å². The van der Waals surface area contributed by atoms with Crippen LogP contribution in [0.4, 0.5) is 5.69 Å². The maximum atomic E-state index is 12.5. The number of nitrogens with zero attached hydrogens (tertiary/aromatic N) is 1. The first-order valence-corrected chi connectivity index (χ1v) is 10.5. The highest BCUT2D eigenvalue weighted by Gasteiger charge is 2.28. The number of hydrogen-bond acceptors (Lipinski definition) is 4. The zero-order valence-electron chi connectivity index (χ0n) is 14.5. The van der Waals surface area contributed by atoms with Crippen molar-refractivity contribution in [2.45, 2.75) is 39.2 Å². The molecule has 1 aliphatic rings. The molecule has 1 aromatic rings. The number of sulfonamides is 1. The molecule has 1 amide bonds. The van der Waals surface area contributed by atoms with Crippen molar-refractivity contribution < 1.29 is 18.3 Å². The third-order valence-electron chi connectivity index (χ3n) is 4.67. The number of aliphatic hydroxyl groups excluding tert-OH is 1. The molecule has 140 valence electrons. The molecule has 0 spiro atoms. The molecule has 2 rings (SSSR count). The van der Waals surface area contributed by atoms with Crippen LogP contribution in [0.15, 0.2) is 18.2 Å². The van der Waals surface area contributed by atoms with Gasteiger partial charge in [0.05, 0.1) is 29.1 Å². The lowest BCUT2D eigenvalue weighted by atomic mass is 9.99. The van der Waals surface area contributed by atoms with Crippen LogP contribution in [-0.2, 0) is 10.0 Å². The fourth-order valence-electron chi connectivity index (χ4n) is 2.81. The molecule has 2 unspecified atom stereocenters. The van der Waals surface area contributed by atoms with Crippen LogP contribution < -0.4 is 9.62 Å². The fraction of sp³-hybridized carbons (Fsp3) is 0.588. The van der Waals surface area contributed by atoms with Gasteiger partial charge in [0.25, 0.3) is 5.91 Å². The van der Waals surface area contributed by atoms with E-state index in [1.54, 1.807) is 6.07 Å². The lowest BCUT2D eigenvalue weighted by Gasteiger charge is -2.29. The van der Waals surface area contributed by atoms with Crippen molar-refractivity contribution in [2.24, 2.45) is 5.92 Å². The average Bonchev–Trinajstić information content (AvgIpc) is 2.59. The second kappa shape index (κ2) is 8.38. The van der Waals surface area contributed by atoms with Gasteiger partial charge in [0.15, 0.2) is 0 Å². The van der Waals surface area contributed by atoms with Gasteiger partial charge in [-0.15, -0.1) is 0 Å². The van der Waals surface area contributed by atoms with E-state index in [1.165, 1.54) is 16.4 Å². The SMILES string of the molecule is CCC(C)C(CO)NC(=O)c1ccc(Cl)c(N2CCCCS2(=O)=O)c1. The number of rotatable bonds is 6. The number of aliphatic hydroxyl groups is 1. The molecule has 0 radical (unpaired) electrons. The third-order valence-corrected chi connectivity index (χ3v) is 6.85. The van der Waals surface area contributed by atoms with Crippen molar-refractivity contribution in [3.05, 3.63) is 28.8 Å². The normalized spacial score (nSPS) is 19.3. The van der Waals surface area contributed by atoms with Gasteiger partial charge in [0.2, 0.25) is 10.0 Å². The molecule has 0 aromatic heterocycles. The molecular weight excluding hydrogens is 364 g/mol. The Morgan fingerprint density at radius 3 is 2.72 bits per heavy atom. The monoisotopic (exact) mass is 388 g/mol. The number of carbonyl (C=O) groups is 1. The number of nitrogens with one attached hydrogen (secondary N) is 1. The van der Waals surface area contributed by atoms with Gasteiger partial charge in [-0.2, -0.15) is 0 Å². The van der Waals surface area contributed by atoms with Crippen LogP contribution in [0.1, 0.15) is 43.5 Å². The van der Waals surface area contributed by atoms with Crippen molar-refractivity contribution in [3.8, 4) is 0 Å². The van der Waals surface area contributed by atoms with Gasteiger partial charge in [-0.25, -0.2) is 8.42 Å². The van der Waals surface area contributed by atoms with Gasteiger partial charge in [0.1, 0.15) is 0 Å². The highest BCUT2D eigenvalue weighted by molar-refractivity contribution is 7.92. The number of halogens is 1. The second-order valence-electron chi connectivity index (χ2n) is 6.41. The Morgan fingerprint density at radius 2 is 2.12 bits per heavy atom. The summed E-state index contributed by atoms with van der Waals surface area (Å²) in [5.74, 6) is -0.143. The van der Waals surface area contributed by atoms with E-state index in [1.807, 2.05) is 13.8 Å². The summed E-state index contributed by atoms with van der Waals surface area (Å²) in [6.45, 7) is 4.15. The van der Waals surface area contributed by atoms with Crippen LogP contribution in [0, 0.1) is 5.92 Å². The van der Waals surface area contributed by atoms with Crippen LogP contribution in [0.3, 0.4) is 0 Å². The highest BCUT2D eigenvalue weighted by Crippen LogP contribution is 2.31. The Kier molecular flexibility index (Phi) is 6.71. The third kappa shape index (κ3) is 4.65. The molecule has 2 N–H and O–H groups in total. The predicted molar refractivity (Wildman–Crippen MR) is 99.6 cm³/mol. The van der Waals surface area contributed by atoms with Crippen molar-refractivity contribution in [2.75, 3.05) is 23.2 Å². The van der Waals surface area contributed by atoms with E-state index >= 15 is 0 Å². The topological polar surface area (TPSA) is 86.7 Å². The van der Waals surface area contributed by atoms with E-state index in [0.29, 0.717) is 29.2 Å². The Labute approximate surface area is 154 Å². The molecule has 1 saturated heterocycles. The van der Waals surface area contributed by atoms with Crippen LogP contribution in [0.5, 0.6) is 0 Å². The number of benzene rings is 1. The number of anilines is 1. The smallest absolute Gasteiger partial charge is 0.251 e. The van der Waals surface area contributed by atoms with Crippen LogP contribution in [-0.4, -0.2) is 44.4 Å². The van der Waals surface area contributed by atoms with E-state index in [0.717, 1.165) is 12.8 Å². The minimum absolute atomic E-state index is 0.0837. The molecule has 1 heterocycles. The maximum Gasteiger partial charge on any atom is 0.251 e. The van der Waals surface area contributed by atoms with Gasteiger partial charge in [-0.05, 0) is 37.0 Å². The van der Waals surface area contributed by atoms with E-state index in [-0.39, 0.29) is 30.2 Å². The lowest BCUT2D eigenvalue weighted by molar-refractivity contribution is 0.0891. The van der Waals surface area contributed by atoms with Crippen molar-refractivity contribution >= 4 is 33.2 Å². The van der Waals surface area contributed by atoms with Gasteiger partial charge in [-0.3, -0.25) is 9.10 Å². The van der Waals surface area contributed by atoms with E-state index in [2.05, 4.69) is 5.32 Å². The Morgan fingerprint density at radius 1 is 1.40 bits per heavy atom. The molecule has 1 aromatic carbocycles. The van der Waals surface area contributed by atoms with Crippen molar-refractivity contribution in [1.29, 1.82) is 0 Å². The van der Waals surface area contributed by atoms with Crippen molar-refractivity contribution in [3.63, 3.8) is 0 Å². The molecule has 1 aliphatic heterocycles. The number of carbonyl (C=O) groups excluding carboxylic acids is 1. The van der Waals surface area contributed by atoms with E-state index in [4.69, 9.17) is 11.6 Å². The first-order valence-electron chi connectivity index (χ1n) is 8.51. The molecule has 2 atom stereocenters. The standard InChI is InChI=1S/C17H25ClN2O4S/c1-3-12(2)15(11-21)19-17(22)13-6-7-14(18)16(10-13)20-8-4-5-9-25(20,23)24/h6-7,10,12,15,21H,3-5,8-9,11H2,1-2H3,(H,19,22). The predicted octanol–water partition coefficient (Wildman–Crippen LogP) is 2.41. The summed E-state index contributed by atoms with van der Waals surface area (Å²) in [7, 11) is -3.41. The largest absolute Gasteiger partial charge is 0.394 e. The zero-order valence-corrected chi connectivity index (χ0v) is 16.1. The summed E-state index contributed by atoms with van der Waals surface area (Å²) in [5, 5.41) is 12.6. The van der Waals surface area contributed by atoms with E-state index in [9.17, 15) is 18.3 Å². The Hall–Kier alpha value is -1.31. The van der Waals surface area contributed by atoms with Gasteiger partial charge < -0.3 is 10.4 Å². The Bertz CT molecular complexity index is 723. The molecule has 1 fully saturated rings. The minimum Gasteiger partial charge on any atom is -0.394 e. The highest BCUT2D eigenvalue weighted by atomic mass is 35.5. The average molecular weight is 389 g/mol. The molecular formula is C17H25ClN2O4S. The number of hydrogen-bond donors (Lipinski definition) is 2. The summed E-state index contributed by atoms with van der Waals surface area (Å²) >= 11 is 6.19. The first-order chi connectivity index (χ1) is 11.8. The summed E-state index contributed by atoms with van der Waals surface area (Å²) in [5.41, 5.74) is 0.653. The quantitative estimate of drug-likeness (QED) is 0.783. The van der Waals surface area contributed by atoms with Gasteiger partial charge in [-0.1, -0.05) is 31.9 Å². The van der Waals surface area contributed by atoms with Gasteiger partial charge >= 0.3 is 0 Å². The molecule has 0 saturated carbocycles. The molecule has 0 aliphatic carbocycles. The molecule has 0 bridgehead atoms. The van der Waals surface area contributed by atoms with Gasteiger partial charge in [0, 0.05) is 12.1 Å². The zero-order chi connectivity index (χ0) is 18.6. The second-order valence-corrected chi connectivity index (χ2v) is 8.83. The van der Waals surface area contributed by atoms with E-state index < -0.39 is 10.0 Å². The number of amides is 1. The molecule has 25 heavy (non-hydrogen) atoms. The van der Waals surface area contributed by atoms with Crippen LogP contribution in [0.2, 0.25) is 5.02 Å². The minimum atomic E-state index is -3.41. The molecule has 8 heteroatoms. The maximum absolute atomic E-state index is 12.5.